The second-order valence-corrected chi connectivity index (χ2v) is 5.13. The van der Waals surface area contributed by atoms with Crippen LogP contribution in [0.25, 0.3) is 0 Å². The molecular formula is C18H16F3NO4. The zero-order valence-electron chi connectivity index (χ0n) is 13.8. The normalized spacial score (nSPS) is 10.9. The average molecular weight is 367 g/mol. The molecule has 0 aliphatic rings. The van der Waals surface area contributed by atoms with E-state index in [0.717, 1.165) is 12.1 Å². The molecule has 0 aliphatic carbocycles. The minimum atomic E-state index is -4.61. The fourth-order valence-electron chi connectivity index (χ4n) is 2.09. The van der Waals surface area contributed by atoms with E-state index in [1.165, 1.54) is 24.3 Å². The zero-order valence-corrected chi connectivity index (χ0v) is 13.8. The van der Waals surface area contributed by atoms with Gasteiger partial charge in [0.1, 0.15) is 5.75 Å². The molecule has 1 amide bonds. The number of carbonyl (C=O) groups excluding carboxylic acids is 2. The van der Waals surface area contributed by atoms with Gasteiger partial charge in [0.25, 0.3) is 5.91 Å². The first-order valence-electron chi connectivity index (χ1n) is 7.67. The van der Waals surface area contributed by atoms with Gasteiger partial charge >= 0.3 is 12.1 Å². The van der Waals surface area contributed by atoms with E-state index in [2.05, 4.69) is 5.32 Å². The van der Waals surface area contributed by atoms with Crippen molar-refractivity contribution in [2.45, 2.75) is 13.1 Å². The number of ether oxygens (including phenoxy) is 2. The Morgan fingerprint density at radius 3 is 2.31 bits per heavy atom. The van der Waals surface area contributed by atoms with Crippen LogP contribution in [0.3, 0.4) is 0 Å². The summed E-state index contributed by atoms with van der Waals surface area (Å²) in [5.74, 6) is -1.07. The standard InChI is InChI=1S/C18H16F3NO4/c1-2-25-13-9-7-12(8-10-13)17(24)26-11-16(23)22-15-6-4-3-5-14(15)18(19,20)21/h3-10H,2,11H2,1H3,(H,22,23). The number of carbonyl (C=O) groups is 2. The number of alkyl halides is 3. The van der Waals surface area contributed by atoms with Crippen molar-refractivity contribution in [2.75, 3.05) is 18.5 Å². The predicted octanol–water partition coefficient (Wildman–Crippen LogP) is 3.90. The molecule has 2 aromatic rings. The van der Waals surface area contributed by atoms with Gasteiger partial charge in [0.15, 0.2) is 6.61 Å². The Hall–Kier alpha value is -3.03. The van der Waals surface area contributed by atoms with Gasteiger partial charge in [-0.05, 0) is 43.3 Å². The van der Waals surface area contributed by atoms with Gasteiger partial charge in [0, 0.05) is 0 Å². The second kappa shape index (κ2) is 8.37. The molecule has 0 bridgehead atoms. The maximum absolute atomic E-state index is 12.9. The van der Waals surface area contributed by atoms with Crippen molar-refractivity contribution in [3.63, 3.8) is 0 Å². The Kier molecular flexibility index (Phi) is 6.21. The lowest BCUT2D eigenvalue weighted by Crippen LogP contribution is -2.22. The van der Waals surface area contributed by atoms with Crippen molar-refractivity contribution in [3.8, 4) is 5.75 Å². The summed E-state index contributed by atoms with van der Waals surface area (Å²) in [4.78, 5) is 23.7. The quantitative estimate of drug-likeness (QED) is 0.787. The summed E-state index contributed by atoms with van der Waals surface area (Å²) in [5.41, 5.74) is -1.19. The predicted molar refractivity (Wildman–Crippen MR) is 88.0 cm³/mol. The molecule has 0 unspecified atom stereocenters. The Labute approximate surface area is 147 Å². The molecule has 0 heterocycles. The number of para-hydroxylation sites is 1. The Balaban J connectivity index is 1.94. The summed E-state index contributed by atoms with van der Waals surface area (Å²) < 4.78 is 48.7. The van der Waals surface area contributed by atoms with Crippen LogP contribution in [0.15, 0.2) is 48.5 Å². The van der Waals surface area contributed by atoms with E-state index < -0.39 is 35.9 Å². The van der Waals surface area contributed by atoms with Gasteiger partial charge in [-0.2, -0.15) is 13.2 Å². The molecule has 2 aromatic carbocycles. The van der Waals surface area contributed by atoms with Crippen molar-refractivity contribution in [3.05, 3.63) is 59.7 Å². The molecule has 0 saturated carbocycles. The number of nitrogens with one attached hydrogen (secondary N) is 1. The first-order chi connectivity index (χ1) is 12.3. The fraction of sp³-hybridized carbons (Fsp3) is 0.222. The van der Waals surface area contributed by atoms with Crippen LogP contribution in [0.4, 0.5) is 18.9 Å². The van der Waals surface area contributed by atoms with Crippen molar-refractivity contribution in [2.24, 2.45) is 0 Å². The number of halogens is 3. The SMILES string of the molecule is CCOc1ccc(C(=O)OCC(=O)Nc2ccccc2C(F)(F)F)cc1. The maximum Gasteiger partial charge on any atom is 0.418 e. The van der Waals surface area contributed by atoms with Crippen LogP contribution in [-0.2, 0) is 15.7 Å². The van der Waals surface area contributed by atoms with Gasteiger partial charge in [-0.3, -0.25) is 4.79 Å². The van der Waals surface area contributed by atoms with Crippen molar-refractivity contribution >= 4 is 17.6 Å². The molecule has 0 spiro atoms. The lowest BCUT2D eigenvalue weighted by atomic mass is 10.1. The van der Waals surface area contributed by atoms with Gasteiger partial charge in [0.2, 0.25) is 0 Å². The molecule has 0 saturated heterocycles. The molecule has 1 N–H and O–H groups in total. The average Bonchev–Trinajstić information content (AvgIpc) is 2.60. The molecule has 0 atom stereocenters. The summed E-state index contributed by atoms with van der Waals surface area (Å²) in [6.07, 6.45) is -4.61. The molecule has 0 aromatic heterocycles. The molecule has 138 valence electrons. The molecule has 26 heavy (non-hydrogen) atoms. The summed E-state index contributed by atoms with van der Waals surface area (Å²) >= 11 is 0. The Bertz CT molecular complexity index is 773. The second-order valence-electron chi connectivity index (χ2n) is 5.13. The lowest BCUT2D eigenvalue weighted by Gasteiger charge is -2.13. The highest BCUT2D eigenvalue weighted by Gasteiger charge is 2.33. The van der Waals surface area contributed by atoms with Gasteiger partial charge in [-0.1, -0.05) is 12.1 Å². The van der Waals surface area contributed by atoms with Gasteiger partial charge in [0.05, 0.1) is 23.4 Å². The highest BCUT2D eigenvalue weighted by Crippen LogP contribution is 2.34. The number of esters is 1. The topological polar surface area (TPSA) is 64.6 Å². The van der Waals surface area contributed by atoms with E-state index in [1.807, 2.05) is 6.92 Å². The highest BCUT2D eigenvalue weighted by molar-refractivity contribution is 5.96. The highest BCUT2D eigenvalue weighted by atomic mass is 19.4. The number of anilines is 1. The molecule has 0 aliphatic heterocycles. The van der Waals surface area contributed by atoms with Crippen LogP contribution < -0.4 is 10.1 Å². The summed E-state index contributed by atoms with van der Waals surface area (Å²) in [5, 5.41) is 2.09. The number of rotatable bonds is 6. The monoisotopic (exact) mass is 367 g/mol. The van der Waals surface area contributed by atoms with E-state index in [4.69, 9.17) is 9.47 Å². The van der Waals surface area contributed by atoms with Crippen molar-refractivity contribution in [1.82, 2.24) is 0 Å². The smallest absolute Gasteiger partial charge is 0.418 e. The fourth-order valence-corrected chi connectivity index (χ4v) is 2.09. The summed E-state index contributed by atoms with van der Waals surface area (Å²) in [6, 6.07) is 10.6. The lowest BCUT2D eigenvalue weighted by molar-refractivity contribution is -0.137. The molecule has 0 radical (unpaired) electrons. The minimum Gasteiger partial charge on any atom is -0.494 e. The van der Waals surface area contributed by atoms with Gasteiger partial charge < -0.3 is 14.8 Å². The van der Waals surface area contributed by atoms with E-state index in [-0.39, 0.29) is 5.56 Å². The van der Waals surface area contributed by atoms with E-state index in [9.17, 15) is 22.8 Å². The number of amides is 1. The van der Waals surface area contributed by atoms with Crippen LogP contribution in [0, 0.1) is 0 Å². The summed E-state index contributed by atoms with van der Waals surface area (Å²) in [7, 11) is 0. The maximum atomic E-state index is 12.9. The van der Waals surface area contributed by atoms with E-state index in [1.54, 1.807) is 12.1 Å². The van der Waals surface area contributed by atoms with Crippen molar-refractivity contribution < 1.29 is 32.2 Å². The molecule has 2 rings (SSSR count). The Morgan fingerprint density at radius 2 is 1.69 bits per heavy atom. The number of hydrogen-bond donors (Lipinski definition) is 1. The first-order valence-corrected chi connectivity index (χ1v) is 7.67. The third-order valence-electron chi connectivity index (χ3n) is 3.24. The summed E-state index contributed by atoms with van der Waals surface area (Å²) in [6.45, 7) is 1.58. The molecule has 5 nitrogen and oxygen atoms in total. The largest absolute Gasteiger partial charge is 0.494 e. The van der Waals surface area contributed by atoms with Gasteiger partial charge in [-0.15, -0.1) is 0 Å². The third-order valence-corrected chi connectivity index (χ3v) is 3.24. The van der Waals surface area contributed by atoms with Crippen LogP contribution in [-0.4, -0.2) is 25.1 Å². The first kappa shape index (κ1) is 19.3. The molecule has 8 heteroatoms. The Morgan fingerprint density at radius 1 is 1.04 bits per heavy atom. The van der Waals surface area contributed by atoms with Crippen LogP contribution in [0.5, 0.6) is 5.75 Å². The van der Waals surface area contributed by atoms with Gasteiger partial charge in [-0.25, -0.2) is 4.79 Å². The number of benzene rings is 2. The molecule has 0 fully saturated rings. The van der Waals surface area contributed by atoms with E-state index in [0.29, 0.717) is 12.4 Å². The minimum absolute atomic E-state index is 0.192. The van der Waals surface area contributed by atoms with E-state index >= 15 is 0 Å². The zero-order chi connectivity index (χ0) is 19.2. The van der Waals surface area contributed by atoms with Crippen LogP contribution in [0.2, 0.25) is 0 Å². The van der Waals surface area contributed by atoms with Crippen LogP contribution in [0.1, 0.15) is 22.8 Å². The van der Waals surface area contributed by atoms with Crippen LogP contribution >= 0.6 is 0 Å². The number of hydrogen-bond acceptors (Lipinski definition) is 4. The van der Waals surface area contributed by atoms with Crippen molar-refractivity contribution in [1.29, 1.82) is 0 Å². The third kappa shape index (κ3) is 5.23. The molecular weight excluding hydrogens is 351 g/mol.